The van der Waals surface area contributed by atoms with Crippen molar-refractivity contribution < 1.29 is 13.2 Å². The van der Waals surface area contributed by atoms with Gasteiger partial charge in [0.05, 0.1) is 0 Å². The van der Waals surface area contributed by atoms with Gasteiger partial charge in [0.25, 0.3) is 0 Å². The van der Waals surface area contributed by atoms with E-state index in [4.69, 9.17) is 0 Å². The van der Waals surface area contributed by atoms with Gasteiger partial charge in [-0.25, -0.2) is 9.52 Å². The van der Waals surface area contributed by atoms with Crippen LogP contribution in [0.2, 0.25) is 0 Å². The first-order valence-corrected chi connectivity index (χ1v) is 16.7. The molecule has 0 saturated carbocycles. The number of anilines is 1. The van der Waals surface area contributed by atoms with Crippen LogP contribution in [0.3, 0.4) is 0 Å². The summed E-state index contributed by atoms with van der Waals surface area (Å²) in [6.07, 6.45) is 8.28. The highest BCUT2D eigenvalue weighted by Gasteiger charge is 2.35. The summed E-state index contributed by atoms with van der Waals surface area (Å²) in [6, 6.07) is 2.67. The molecule has 220 valence electrons. The number of fused-ring (bicyclic) bond motifs is 2. The second-order valence-electron chi connectivity index (χ2n) is 11.2. The molecule has 1 aromatic carbocycles. The first-order valence-electron chi connectivity index (χ1n) is 15.2. The van der Waals surface area contributed by atoms with Crippen molar-refractivity contribution in [1.29, 1.82) is 0 Å². The Morgan fingerprint density at radius 1 is 0.923 bits per heavy atom. The van der Waals surface area contributed by atoms with Crippen molar-refractivity contribution in [3.8, 4) is 0 Å². The fourth-order valence-electron chi connectivity index (χ4n) is 6.95. The number of carbonyl (C=O) groups is 1. The lowest BCUT2D eigenvalue weighted by Crippen LogP contribution is -2.46. The van der Waals surface area contributed by atoms with Crippen molar-refractivity contribution in [3.63, 3.8) is 0 Å². The zero-order valence-corrected chi connectivity index (χ0v) is 25.3. The van der Waals surface area contributed by atoms with E-state index in [-0.39, 0.29) is 6.04 Å². The van der Waals surface area contributed by atoms with Gasteiger partial charge in [-0.15, -0.1) is 0 Å². The number of carbonyl (C=O) groups excluding carboxylic acids is 1. The van der Waals surface area contributed by atoms with Crippen molar-refractivity contribution in [3.05, 3.63) is 28.3 Å². The molecular weight excluding hydrogens is 512 g/mol. The molecule has 2 heterocycles. The summed E-state index contributed by atoms with van der Waals surface area (Å²) < 4.78 is 29.2. The van der Waals surface area contributed by atoms with Gasteiger partial charge in [-0.2, -0.15) is 12.7 Å². The number of urea groups is 1. The Kier molecular flexibility index (Phi) is 10.7. The summed E-state index contributed by atoms with van der Waals surface area (Å²) in [7, 11) is -3.85. The molecule has 39 heavy (non-hydrogen) atoms. The second-order valence-corrected chi connectivity index (χ2v) is 12.9. The molecule has 2 unspecified atom stereocenters. The third kappa shape index (κ3) is 7.14. The van der Waals surface area contributed by atoms with Gasteiger partial charge in [0, 0.05) is 37.4 Å². The van der Waals surface area contributed by atoms with Crippen LogP contribution in [0.25, 0.3) is 0 Å². The number of rotatable bonds is 9. The Bertz CT molecular complexity index is 1050. The lowest BCUT2D eigenvalue weighted by atomic mass is 9.99. The lowest BCUT2D eigenvalue weighted by Gasteiger charge is -2.26. The van der Waals surface area contributed by atoms with Crippen molar-refractivity contribution in [1.82, 2.24) is 24.1 Å². The molecule has 4 aliphatic rings. The highest BCUT2D eigenvalue weighted by Crippen LogP contribution is 2.38. The number of nitrogens with zero attached hydrogens (tertiary/aromatic N) is 3. The molecule has 0 radical (unpaired) electrons. The molecule has 2 aliphatic heterocycles. The summed E-state index contributed by atoms with van der Waals surface area (Å²) in [5.41, 5.74) is 5.88. The van der Waals surface area contributed by atoms with Gasteiger partial charge in [0.15, 0.2) is 0 Å². The minimum atomic E-state index is -3.85. The standard InChI is InChI=1S/C21H32N4O3S.C8H18N2/c1-3-24(4-2)17-11-12-25(14-17)29(27,28)23-21(26)22-20-18-9-5-7-15(18)13-16-8-6-10-19(16)20;1-3-10(4-2)8-5-6-9-7-8/h13,17H,3-12,14H2,1-2H3,(H2,22,23,26);8-9H,3-7H2,1-2H3. The van der Waals surface area contributed by atoms with Gasteiger partial charge in [0.1, 0.15) is 0 Å². The minimum absolute atomic E-state index is 0.213. The van der Waals surface area contributed by atoms with Crippen LogP contribution in [-0.2, 0) is 35.9 Å². The van der Waals surface area contributed by atoms with Crippen LogP contribution < -0.4 is 15.4 Å². The van der Waals surface area contributed by atoms with Gasteiger partial charge in [0.2, 0.25) is 0 Å². The number of hydrogen-bond acceptors (Lipinski definition) is 6. The van der Waals surface area contributed by atoms with Gasteiger partial charge in [-0.3, -0.25) is 9.80 Å². The molecule has 2 saturated heterocycles. The normalized spacial score (nSPS) is 22.6. The molecule has 1 aromatic rings. The maximum atomic E-state index is 12.8. The molecule has 0 spiro atoms. The number of hydrogen-bond donors (Lipinski definition) is 3. The van der Waals surface area contributed by atoms with Crippen LogP contribution in [0.4, 0.5) is 10.5 Å². The van der Waals surface area contributed by atoms with Gasteiger partial charge in [-0.05, 0) is 106 Å². The number of aryl methyl sites for hydroxylation is 2. The van der Waals surface area contributed by atoms with Crippen LogP contribution in [0.5, 0.6) is 0 Å². The Morgan fingerprint density at radius 3 is 2.05 bits per heavy atom. The highest BCUT2D eigenvalue weighted by atomic mass is 32.2. The van der Waals surface area contributed by atoms with Crippen LogP contribution in [0.15, 0.2) is 6.07 Å². The van der Waals surface area contributed by atoms with E-state index in [0.717, 1.165) is 69.8 Å². The molecule has 0 aromatic heterocycles. The average molecular weight is 563 g/mol. The Balaban J connectivity index is 0.000000298. The number of amides is 2. The summed E-state index contributed by atoms with van der Waals surface area (Å²) >= 11 is 0. The smallest absolute Gasteiger partial charge is 0.315 e. The molecule has 10 heteroatoms. The predicted octanol–water partition coefficient (Wildman–Crippen LogP) is 3.14. The molecule has 2 aliphatic carbocycles. The zero-order chi connectivity index (χ0) is 28.0. The van der Waals surface area contributed by atoms with E-state index in [9.17, 15) is 13.2 Å². The SMILES string of the molecule is CCN(CC)C1CCN(S(=O)(=O)NC(=O)Nc2c3c(cc4c2CCC4)CCC3)C1.CCN(CC)C1CCNC1. The van der Waals surface area contributed by atoms with Crippen LogP contribution >= 0.6 is 0 Å². The van der Waals surface area contributed by atoms with Crippen LogP contribution in [0.1, 0.15) is 75.6 Å². The van der Waals surface area contributed by atoms with Crippen molar-refractivity contribution in [2.75, 3.05) is 57.7 Å². The molecule has 0 bridgehead atoms. The third-order valence-corrected chi connectivity index (χ3v) is 10.5. The largest absolute Gasteiger partial charge is 0.333 e. The Labute approximate surface area is 236 Å². The van der Waals surface area contributed by atoms with E-state index < -0.39 is 16.2 Å². The summed E-state index contributed by atoms with van der Waals surface area (Å²) in [6.45, 7) is 16.1. The molecular formula is C29H50N6O3S. The lowest BCUT2D eigenvalue weighted by molar-refractivity contribution is 0.224. The first kappa shape index (κ1) is 30.2. The monoisotopic (exact) mass is 562 g/mol. The zero-order valence-electron chi connectivity index (χ0n) is 24.5. The molecule has 9 nitrogen and oxygen atoms in total. The maximum absolute atomic E-state index is 12.8. The number of benzene rings is 1. The molecule has 2 atom stereocenters. The van der Waals surface area contributed by atoms with Gasteiger partial charge in [-0.1, -0.05) is 33.8 Å². The molecule has 3 N–H and O–H groups in total. The molecule has 5 rings (SSSR count). The van der Waals surface area contributed by atoms with E-state index in [1.165, 1.54) is 59.2 Å². The van der Waals surface area contributed by atoms with E-state index >= 15 is 0 Å². The molecule has 2 amide bonds. The van der Waals surface area contributed by atoms with Crippen LogP contribution in [0, 0.1) is 0 Å². The van der Waals surface area contributed by atoms with E-state index in [1.54, 1.807) is 0 Å². The second kappa shape index (κ2) is 13.8. The Hall–Kier alpha value is -1.72. The highest BCUT2D eigenvalue weighted by molar-refractivity contribution is 7.87. The number of nitrogens with one attached hydrogen (secondary N) is 3. The van der Waals surface area contributed by atoms with E-state index in [1.807, 2.05) is 0 Å². The van der Waals surface area contributed by atoms with E-state index in [2.05, 4.69) is 58.9 Å². The van der Waals surface area contributed by atoms with Crippen molar-refractivity contribution in [2.24, 2.45) is 0 Å². The average Bonchev–Trinajstić information content (AvgIpc) is 3.73. The molecule has 2 fully saturated rings. The van der Waals surface area contributed by atoms with Crippen molar-refractivity contribution >= 4 is 21.9 Å². The Morgan fingerprint density at radius 2 is 1.51 bits per heavy atom. The summed E-state index contributed by atoms with van der Waals surface area (Å²) in [5.74, 6) is 0. The quantitative estimate of drug-likeness (QED) is 0.428. The van der Waals surface area contributed by atoms with Crippen molar-refractivity contribution in [2.45, 2.75) is 91.1 Å². The summed E-state index contributed by atoms with van der Waals surface area (Å²) in [4.78, 5) is 17.5. The predicted molar refractivity (Wildman–Crippen MR) is 159 cm³/mol. The van der Waals surface area contributed by atoms with E-state index in [0.29, 0.717) is 13.1 Å². The topological polar surface area (TPSA) is 97.0 Å². The fourth-order valence-corrected chi connectivity index (χ4v) is 8.07. The fraction of sp³-hybridized carbons (Fsp3) is 0.759. The maximum Gasteiger partial charge on any atom is 0.333 e. The van der Waals surface area contributed by atoms with Crippen LogP contribution in [-0.4, -0.2) is 93.0 Å². The van der Waals surface area contributed by atoms with Gasteiger partial charge >= 0.3 is 16.2 Å². The number of likely N-dealkylation sites (N-methyl/N-ethyl adjacent to an activating group) is 2. The summed E-state index contributed by atoms with van der Waals surface area (Å²) in [5, 5.41) is 6.29. The third-order valence-electron chi connectivity index (χ3n) is 9.09. The first-order chi connectivity index (χ1) is 18.8. The van der Waals surface area contributed by atoms with Gasteiger partial charge < -0.3 is 10.6 Å². The minimum Gasteiger partial charge on any atom is -0.315 e.